The van der Waals surface area contributed by atoms with E-state index in [-0.39, 0.29) is 22.0 Å². The molecule has 2 atom stereocenters. The largest absolute Gasteiger partial charge is 0.488 e. The molecule has 156 valence electrons. The number of halogens is 4. The van der Waals surface area contributed by atoms with Gasteiger partial charge in [-0.2, -0.15) is 0 Å². The van der Waals surface area contributed by atoms with Crippen LogP contribution in [0.5, 0.6) is 11.5 Å². The molecule has 0 radical (unpaired) electrons. The fourth-order valence-corrected chi connectivity index (χ4v) is 7.28. The second-order valence-corrected chi connectivity index (χ2v) is 11.8. The number of hydrogen-bond donors (Lipinski definition) is 0. The molecule has 2 aromatic carbocycles. The maximum atomic E-state index is 13.2. The first-order valence-electron chi connectivity index (χ1n) is 8.47. The van der Waals surface area contributed by atoms with Crippen molar-refractivity contribution in [2.45, 2.75) is 22.0 Å². The van der Waals surface area contributed by atoms with Crippen LogP contribution in [-0.2, 0) is 19.3 Å². The van der Waals surface area contributed by atoms with Crippen molar-refractivity contribution in [3.8, 4) is 11.5 Å². The van der Waals surface area contributed by atoms with Crippen molar-refractivity contribution >= 4 is 73.6 Å². The van der Waals surface area contributed by atoms with Gasteiger partial charge in [-0.15, -0.1) is 0 Å². The molecule has 0 saturated carbocycles. The molecule has 0 aliphatic carbocycles. The first-order chi connectivity index (χ1) is 13.8. The van der Waals surface area contributed by atoms with Gasteiger partial charge in [0.05, 0.1) is 40.9 Å². The predicted molar refractivity (Wildman–Crippen MR) is 120 cm³/mol. The molecular weight excluding hydrogens is 664 g/mol. The minimum Gasteiger partial charge on any atom is -0.488 e. The van der Waals surface area contributed by atoms with Crippen LogP contribution in [0.4, 0.5) is 0 Å². The summed E-state index contributed by atoms with van der Waals surface area (Å²) in [5.41, 5.74) is 0. The summed E-state index contributed by atoms with van der Waals surface area (Å²) >= 11 is 13.6. The van der Waals surface area contributed by atoms with Gasteiger partial charge in [-0.05, 0) is 88.0 Å². The van der Waals surface area contributed by atoms with Gasteiger partial charge in [0.15, 0.2) is 0 Å². The van der Waals surface area contributed by atoms with Crippen LogP contribution < -0.4 is 9.47 Å². The van der Waals surface area contributed by atoms with E-state index in [2.05, 4.69) is 63.7 Å². The first kappa shape index (κ1) is 22.0. The molecule has 2 aliphatic heterocycles. The van der Waals surface area contributed by atoms with E-state index >= 15 is 0 Å². The van der Waals surface area contributed by atoms with Crippen molar-refractivity contribution in [3.63, 3.8) is 0 Å². The van der Waals surface area contributed by atoms with Crippen LogP contribution in [-0.4, -0.2) is 47.1 Å². The SMILES string of the molecule is O=S(=O)(c1cc(Br)c(OC[C@H]2CO2)c(Br)c1)c1cc(Br)c(OC[C@H]2CO2)c(Br)c1. The Morgan fingerprint density at radius 1 is 0.759 bits per heavy atom. The average molecular weight is 678 g/mol. The van der Waals surface area contributed by atoms with Crippen molar-refractivity contribution in [1.82, 2.24) is 0 Å². The zero-order chi connectivity index (χ0) is 20.8. The minimum absolute atomic E-state index is 0.0964. The Hall–Kier alpha value is -0.170. The van der Waals surface area contributed by atoms with E-state index in [1.54, 1.807) is 0 Å². The van der Waals surface area contributed by atoms with Crippen molar-refractivity contribution in [2.24, 2.45) is 0 Å². The lowest BCUT2D eigenvalue weighted by Crippen LogP contribution is -2.08. The third-order valence-electron chi connectivity index (χ3n) is 4.20. The summed E-state index contributed by atoms with van der Waals surface area (Å²) in [5, 5.41) is 0. The van der Waals surface area contributed by atoms with Gasteiger partial charge < -0.3 is 18.9 Å². The second kappa shape index (κ2) is 8.76. The lowest BCUT2D eigenvalue weighted by molar-refractivity contribution is 0.260. The van der Waals surface area contributed by atoms with Gasteiger partial charge in [-0.1, -0.05) is 0 Å². The summed E-state index contributed by atoms with van der Waals surface area (Å²) in [4.78, 5) is 0.259. The van der Waals surface area contributed by atoms with E-state index in [0.29, 0.717) is 55.8 Å². The van der Waals surface area contributed by atoms with Gasteiger partial charge in [-0.25, -0.2) is 8.42 Å². The Morgan fingerprint density at radius 3 is 1.34 bits per heavy atom. The summed E-state index contributed by atoms with van der Waals surface area (Å²) in [6.07, 6.45) is 0.193. The van der Waals surface area contributed by atoms with Gasteiger partial charge in [0.1, 0.15) is 36.9 Å². The molecule has 6 nitrogen and oxygen atoms in total. The molecule has 29 heavy (non-hydrogen) atoms. The van der Waals surface area contributed by atoms with Crippen molar-refractivity contribution < 1.29 is 27.4 Å². The van der Waals surface area contributed by atoms with E-state index in [9.17, 15) is 8.42 Å². The van der Waals surface area contributed by atoms with Gasteiger partial charge >= 0.3 is 0 Å². The van der Waals surface area contributed by atoms with Crippen molar-refractivity contribution in [3.05, 3.63) is 42.2 Å². The van der Waals surface area contributed by atoms with E-state index in [4.69, 9.17) is 18.9 Å². The number of rotatable bonds is 8. The second-order valence-electron chi connectivity index (χ2n) is 6.47. The van der Waals surface area contributed by atoms with Gasteiger partial charge in [0.2, 0.25) is 9.84 Å². The number of ether oxygens (including phenoxy) is 4. The Kier molecular flexibility index (Phi) is 6.66. The molecule has 0 spiro atoms. The van der Waals surface area contributed by atoms with Crippen LogP contribution in [0, 0.1) is 0 Å². The molecule has 2 heterocycles. The third-order valence-corrected chi connectivity index (χ3v) is 8.26. The van der Waals surface area contributed by atoms with Crippen LogP contribution >= 0.6 is 63.7 Å². The molecule has 2 fully saturated rings. The molecule has 0 bridgehead atoms. The molecule has 11 heteroatoms. The Bertz CT molecular complexity index is 927. The number of benzene rings is 2. The van der Waals surface area contributed by atoms with E-state index in [1.165, 1.54) is 24.3 Å². The lowest BCUT2D eigenvalue weighted by atomic mass is 10.3. The monoisotopic (exact) mass is 674 g/mol. The lowest BCUT2D eigenvalue weighted by Gasteiger charge is -2.14. The van der Waals surface area contributed by atoms with Gasteiger partial charge in [0.25, 0.3) is 0 Å². The van der Waals surface area contributed by atoms with Crippen LogP contribution in [0.25, 0.3) is 0 Å². The van der Waals surface area contributed by atoms with E-state index in [0.717, 1.165) is 0 Å². The first-order valence-corrected chi connectivity index (χ1v) is 13.1. The Labute approximate surface area is 201 Å². The van der Waals surface area contributed by atoms with Crippen LogP contribution in [0.2, 0.25) is 0 Å². The summed E-state index contributed by atoms with van der Waals surface area (Å²) in [6.45, 7) is 2.19. The predicted octanol–water partition coefficient (Wildman–Crippen LogP) is 5.12. The summed E-state index contributed by atoms with van der Waals surface area (Å²) in [7, 11) is -3.78. The summed E-state index contributed by atoms with van der Waals surface area (Å²) < 4.78 is 50.3. The third kappa shape index (κ3) is 5.19. The minimum atomic E-state index is -3.78. The highest BCUT2D eigenvalue weighted by molar-refractivity contribution is 9.11. The summed E-state index contributed by atoms with van der Waals surface area (Å²) in [6, 6.07) is 6.11. The molecule has 0 amide bonds. The Morgan fingerprint density at radius 2 is 1.07 bits per heavy atom. The molecule has 2 aliphatic rings. The molecule has 0 N–H and O–H groups in total. The van der Waals surface area contributed by atoms with Crippen LogP contribution in [0.1, 0.15) is 0 Å². The van der Waals surface area contributed by atoms with E-state index < -0.39 is 9.84 Å². The van der Waals surface area contributed by atoms with Gasteiger partial charge in [0, 0.05) is 0 Å². The maximum absolute atomic E-state index is 13.2. The molecule has 2 aromatic rings. The molecule has 2 saturated heterocycles. The standard InChI is InChI=1S/C18H14Br4O6S/c19-13-1-11(2-14(20)17(13)27-7-9-5-25-9)29(23,24)12-3-15(21)18(16(22)4-12)28-8-10-6-26-10/h1-4,9-10H,5-8H2/t9-,10-/m1/s1. The highest BCUT2D eigenvalue weighted by Gasteiger charge is 2.27. The van der Waals surface area contributed by atoms with Crippen molar-refractivity contribution in [1.29, 1.82) is 0 Å². The normalized spacial score (nSPS) is 20.4. The molecule has 0 aromatic heterocycles. The molecule has 0 unspecified atom stereocenters. The topological polar surface area (TPSA) is 77.7 Å². The summed E-state index contributed by atoms with van der Waals surface area (Å²) in [5.74, 6) is 1.07. The Balaban J connectivity index is 1.61. The molecule has 4 rings (SSSR count). The fourth-order valence-electron chi connectivity index (χ4n) is 2.48. The zero-order valence-corrected chi connectivity index (χ0v) is 21.8. The maximum Gasteiger partial charge on any atom is 0.206 e. The van der Waals surface area contributed by atoms with Crippen LogP contribution in [0.3, 0.4) is 0 Å². The number of hydrogen-bond acceptors (Lipinski definition) is 6. The highest BCUT2D eigenvalue weighted by atomic mass is 79.9. The average Bonchev–Trinajstić information content (AvgIpc) is 3.54. The number of sulfone groups is 1. The van der Waals surface area contributed by atoms with Crippen LogP contribution in [0.15, 0.2) is 51.9 Å². The smallest absolute Gasteiger partial charge is 0.206 e. The van der Waals surface area contributed by atoms with Crippen molar-refractivity contribution in [2.75, 3.05) is 26.4 Å². The zero-order valence-electron chi connectivity index (χ0n) is 14.7. The fraction of sp³-hybridized carbons (Fsp3) is 0.333. The van der Waals surface area contributed by atoms with E-state index in [1.807, 2.05) is 0 Å². The van der Waals surface area contributed by atoms with Gasteiger partial charge in [-0.3, -0.25) is 0 Å². The molecular formula is C18H14Br4O6S. The number of epoxide rings is 2. The quantitative estimate of drug-likeness (QED) is 0.361. The highest BCUT2D eigenvalue weighted by Crippen LogP contribution is 2.41.